The lowest BCUT2D eigenvalue weighted by Crippen LogP contribution is -2.48. The highest BCUT2D eigenvalue weighted by Gasteiger charge is 2.48. The standard InChI is InChI=1S/C12H20O3/c1-5-12(6-2)9(7-10(12)14-3)8-11(13)15-4/h8,10H,5-7H2,1-4H3/b9-8-. The first kappa shape index (κ1) is 12.2. The predicted molar refractivity (Wildman–Crippen MR) is 58.5 cm³/mol. The molecule has 0 radical (unpaired) electrons. The molecule has 3 nitrogen and oxygen atoms in total. The van der Waals surface area contributed by atoms with E-state index in [1.807, 2.05) is 0 Å². The summed E-state index contributed by atoms with van der Waals surface area (Å²) in [6.07, 6.45) is 4.74. The molecule has 0 heterocycles. The molecule has 0 saturated heterocycles. The Labute approximate surface area is 91.4 Å². The maximum absolute atomic E-state index is 11.2. The Kier molecular flexibility index (Phi) is 3.91. The fourth-order valence-electron chi connectivity index (χ4n) is 2.55. The number of methoxy groups -OCH3 is 2. The van der Waals surface area contributed by atoms with Crippen LogP contribution in [-0.4, -0.2) is 26.3 Å². The zero-order chi connectivity index (χ0) is 11.5. The third-order valence-electron chi connectivity index (χ3n) is 3.70. The van der Waals surface area contributed by atoms with Crippen LogP contribution in [0.5, 0.6) is 0 Å². The molecule has 0 aromatic heterocycles. The number of rotatable bonds is 4. The first-order valence-corrected chi connectivity index (χ1v) is 5.46. The lowest BCUT2D eigenvalue weighted by atomic mass is 9.58. The zero-order valence-electron chi connectivity index (χ0n) is 10.0. The van der Waals surface area contributed by atoms with Crippen molar-refractivity contribution < 1.29 is 14.3 Å². The Morgan fingerprint density at radius 2 is 2.07 bits per heavy atom. The number of esters is 1. The Balaban J connectivity index is 2.86. The van der Waals surface area contributed by atoms with Gasteiger partial charge in [0.05, 0.1) is 13.2 Å². The Hall–Kier alpha value is -0.830. The van der Waals surface area contributed by atoms with E-state index >= 15 is 0 Å². The average Bonchev–Trinajstić information content (AvgIpc) is 2.25. The molecule has 0 aromatic carbocycles. The smallest absolute Gasteiger partial charge is 0.330 e. The van der Waals surface area contributed by atoms with Gasteiger partial charge in [0.2, 0.25) is 0 Å². The highest BCUT2D eigenvalue weighted by Crippen LogP contribution is 2.52. The van der Waals surface area contributed by atoms with Crippen LogP contribution in [0.15, 0.2) is 11.6 Å². The molecule has 0 N–H and O–H groups in total. The first-order valence-electron chi connectivity index (χ1n) is 5.46. The van der Waals surface area contributed by atoms with Crippen LogP contribution >= 0.6 is 0 Å². The van der Waals surface area contributed by atoms with Gasteiger partial charge in [-0.2, -0.15) is 0 Å². The SMILES string of the molecule is CCC1(CC)/C(=C\C(=O)OC)CC1OC. The van der Waals surface area contributed by atoms with Gasteiger partial charge in [-0.15, -0.1) is 0 Å². The van der Waals surface area contributed by atoms with Crippen LogP contribution in [-0.2, 0) is 14.3 Å². The van der Waals surface area contributed by atoms with Gasteiger partial charge in [0.15, 0.2) is 0 Å². The van der Waals surface area contributed by atoms with E-state index in [2.05, 4.69) is 18.6 Å². The third kappa shape index (κ3) is 1.93. The van der Waals surface area contributed by atoms with Gasteiger partial charge in [-0.1, -0.05) is 19.4 Å². The number of carbonyl (C=O) groups is 1. The minimum Gasteiger partial charge on any atom is -0.466 e. The monoisotopic (exact) mass is 212 g/mol. The molecule has 0 bridgehead atoms. The molecule has 1 aliphatic rings. The van der Waals surface area contributed by atoms with E-state index in [9.17, 15) is 4.79 Å². The van der Waals surface area contributed by atoms with Crippen molar-refractivity contribution in [1.82, 2.24) is 0 Å². The summed E-state index contributed by atoms with van der Waals surface area (Å²) in [5.41, 5.74) is 1.23. The molecule has 1 unspecified atom stereocenters. The Morgan fingerprint density at radius 1 is 1.47 bits per heavy atom. The predicted octanol–water partition coefficient (Wildman–Crippen LogP) is 2.31. The second kappa shape index (κ2) is 4.79. The second-order valence-electron chi connectivity index (χ2n) is 3.98. The fourth-order valence-corrected chi connectivity index (χ4v) is 2.55. The third-order valence-corrected chi connectivity index (χ3v) is 3.70. The van der Waals surface area contributed by atoms with Crippen LogP contribution in [0.3, 0.4) is 0 Å². The van der Waals surface area contributed by atoms with E-state index in [-0.39, 0.29) is 17.5 Å². The van der Waals surface area contributed by atoms with Gasteiger partial charge in [0.25, 0.3) is 0 Å². The number of hydrogen-bond acceptors (Lipinski definition) is 3. The van der Waals surface area contributed by atoms with Crippen LogP contribution in [0.4, 0.5) is 0 Å². The lowest BCUT2D eigenvalue weighted by molar-refractivity contribution is -0.135. The van der Waals surface area contributed by atoms with Crippen LogP contribution in [0.2, 0.25) is 0 Å². The summed E-state index contributed by atoms with van der Waals surface area (Å²) in [6.45, 7) is 4.28. The molecule has 3 heteroatoms. The van der Waals surface area contributed by atoms with Gasteiger partial charge < -0.3 is 9.47 Å². The van der Waals surface area contributed by atoms with E-state index in [1.54, 1.807) is 13.2 Å². The van der Waals surface area contributed by atoms with E-state index < -0.39 is 0 Å². The minimum atomic E-state index is -0.258. The van der Waals surface area contributed by atoms with Crippen LogP contribution in [0.1, 0.15) is 33.1 Å². The average molecular weight is 212 g/mol. The lowest BCUT2D eigenvalue weighted by Gasteiger charge is -2.50. The molecular formula is C12H20O3. The topological polar surface area (TPSA) is 35.5 Å². The quantitative estimate of drug-likeness (QED) is 0.530. The largest absolute Gasteiger partial charge is 0.466 e. The van der Waals surface area contributed by atoms with Crippen molar-refractivity contribution in [3.63, 3.8) is 0 Å². The summed E-state index contributed by atoms with van der Waals surface area (Å²) in [7, 11) is 3.14. The summed E-state index contributed by atoms with van der Waals surface area (Å²) >= 11 is 0. The van der Waals surface area contributed by atoms with E-state index in [0.717, 1.165) is 19.3 Å². The molecule has 0 spiro atoms. The Bertz CT molecular complexity index is 264. The van der Waals surface area contributed by atoms with Crippen molar-refractivity contribution in [3.8, 4) is 0 Å². The first-order chi connectivity index (χ1) is 7.14. The van der Waals surface area contributed by atoms with Crippen molar-refractivity contribution in [2.45, 2.75) is 39.2 Å². The maximum atomic E-state index is 11.2. The Morgan fingerprint density at radius 3 is 2.47 bits per heavy atom. The van der Waals surface area contributed by atoms with Crippen molar-refractivity contribution in [2.24, 2.45) is 5.41 Å². The number of ether oxygens (including phenoxy) is 2. The summed E-state index contributed by atoms with van der Waals surface area (Å²) < 4.78 is 10.1. The highest BCUT2D eigenvalue weighted by molar-refractivity contribution is 5.83. The highest BCUT2D eigenvalue weighted by atomic mass is 16.5. The van der Waals surface area contributed by atoms with Gasteiger partial charge >= 0.3 is 5.97 Å². The van der Waals surface area contributed by atoms with Crippen LogP contribution in [0, 0.1) is 5.41 Å². The summed E-state index contributed by atoms with van der Waals surface area (Å²) in [5, 5.41) is 0. The van der Waals surface area contributed by atoms with Crippen molar-refractivity contribution in [1.29, 1.82) is 0 Å². The molecule has 1 aliphatic carbocycles. The molecule has 1 rings (SSSR count). The van der Waals surface area contributed by atoms with Gasteiger partial charge in [0.1, 0.15) is 0 Å². The number of hydrogen-bond donors (Lipinski definition) is 0. The molecule has 86 valence electrons. The number of carbonyl (C=O) groups excluding carboxylic acids is 1. The normalized spacial score (nSPS) is 26.1. The molecule has 1 fully saturated rings. The maximum Gasteiger partial charge on any atom is 0.330 e. The minimum absolute atomic E-state index is 0.0585. The molecule has 1 atom stereocenters. The summed E-state index contributed by atoms with van der Waals surface area (Å²) in [4.78, 5) is 11.2. The van der Waals surface area contributed by atoms with E-state index in [0.29, 0.717) is 0 Å². The van der Waals surface area contributed by atoms with Gasteiger partial charge in [0, 0.05) is 18.6 Å². The van der Waals surface area contributed by atoms with Crippen molar-refractivity contribution >= 4 is 5.97 Å². The van der Waals surface area contributed by atoms with E-state index in [1.165, 1.54) is 12.7 Å². The summed E-state index contributed by atoms with van der Waals surface area (Å²) in [6, 6.07) is 0. The fraction of sp³-hybridized carbons (Fsp3) is 0.750. The zero-order valence-corrected chi connectivity index (χ0v) is 10.0. The molecule has 1 saturated carbocycles. The van der Waals surface area contributed by atoms with Gasteiger partial charge in [-0.3, -0.25) is 0 Å². The molecule has 15 heavy (non-hydrogen) atoms. The van der Waals surface area contributed by atoms with E-state index in [4.69, 9.17) is 4.74 Å². The van der Waals surface area contributed by atoms with Crippen LogP contribution < -0.4 is 0 Å². The summed E-state index contributed by atoms with van der Waals surface area (Å²) in [5.74, 6) is -0.258. The van der Waals surface area contributed by atoms with Crippen molar-refractivity contribution in [2.75, 3.05) is 14.2 Å². The molecule has 0 aromatic rings. The van der Waals surface area contributed by atoms with Gasteiger partial charge in [-0.25, -0.2) is 4.79 Å². The molecular weight excluding hydrogens is 192 g/mol. The van der Waals surface area contributed by atoms with Crippen LogP contribution in [0.25, 0.3) is 0 Å². The molecule has 0 amide bonds. The second-order valence-corrected chi connectivity index (χ2v) is 3.98. The van der Waals surface area contributed by atoms with Gasteiger partial charge in [-0.05, 0) is 19.3 Å². The molecule has 0 aliphatic heterocycles. The van der Waals surface area contributed by atoms with Crippen molar-refractivity contribution in [3.05, 3.63) is 11.6 Å².